The van der Waals surface area contributed by atoms with Gasteiger partial charge in [0.15, 0.2) is 5.78 Å². The van der Waals surface area contributed by atoms with Gasteiger partial charge in [0.2, 0.25) is 5.91 Å². The van der Waals surface area contributed by atoms with Crippen LogP contribution in [0.1, 0.15) is 54.2 Å². The number of hydrogen-bond acceptors (Lipinski definition) is 5. The van der Waals surface area contributed by atoms with Crippen molar-refractivity contribution >= 4 is 23.5 Å². The number of Topliss-reactive ketones (excluding diaryl/α,β-unsaturated/α-hetero) is 1. The lowest BCUT2D eigenvalue weighted by atomic mass is 9.95. The Bertz CT molecular complexity index is 745. The van der Waals surface area contributed by atoms with Gasteiger partial charge in [-0.2, -0.15) is 0 Å². The summed E-state index contributed by atoms with van der Waals surface area (Å²) in [6.45, 7) is 1.15. The summed E-state index contributed by atoms with van der Waals surface area (Å²) in [5.74, 6) is -0.155. The van der Waals surface area contributed by atoms with Crippen molar-refractivity contribution < 1.29 is 14.7 Å². The second-order valence-corrected chi connectivity index (χ2v) is 7.23. The number of carbonyl (C=O) groups is 2. The minimum Gasteiger partial charge on any atom is -0.387 e. The SMILES string of the molecule is CC(=O)c1cnc2c(c1NC1C[C@H]3CC[C@@H](C1)N3C(=O)CO)C=CC2. The zero-order valence-electron chi connectivity index (χ0n) is 14.4. The molecule has 2 aliphatic heterocycles. The summed E-state index contributed by atoms with van der Waals surface area (Å²) < 4.78 is 0. The number of rotatable bonds is 4. The van der Waals surface area contributed by atoms with Gasteiger partial charge in [-0.15, -0.1) is 0 Å². The van der Waals surface area contributed by atoms with Crippen LogP contribution in [0.2, 0.25) is 0 Å². The molecule has 1 amide bonds. The number of aromatic nitrogens is 1. The smallest absolute Gasteiger partial charge is 0.248 e. The Morgan fingerprint density at radius 3 is 2.68 bits per heavy atom. The van der Waals surface area contributed by atoms with Crippen molar-refractivity contribution in [2.75, 3.05) is 11.9 Å². The Hall–Kier alpha value is -2.21. The first-order chi connectivity index (χ1) is 12.1. The molecule has 2 bridgehead atoms. The molecule has 25 heavy (non-hydrogen) atoms. The van der Waals surface area contributed by atoms with E-state index in [0.29, 0.717) is 5.56 Å². The van der Waals surface area contributed by atoms with E-state index in [2.05, 4.69) is 16.4 Å². The van der Waals surface area contributed by atoms with Crippen LogP contribution >= 0.6 is 0 Å². The molecule has 132 valence electrons. The number of allylic oxidation sites excluding steroid dienone is 1. The fraction of sp³-hybridized carbons (Fsp3) is 0.526. The second-order valence-electron chi connectivity index (χ2n) is 7.23. The normalized spacial score (nSPS) is 26.6. The quantitative estimate of drug-likeness (QED) is 0.816. The Balaban J connectivity index is 1.59. The fourth-order valence-corrected chi connectivity index (χ4v) is 4.61. The van der Waals surface area contributed by atoms with Crippen LogP contribution in [-0.4, -0.2) is 51.4 Å². The molecule has 2 fully saturated rings. The summed E-state index contributed by atoms with van der Waals surface area (Å²) in [5, 5.41) is 12.8. The monoisotopic (exact) mass is 341 g/mol. The van der Waals surface area contributed by atoms with Crippen molar-refractivity contribution in [2.45, 2.75) is 57.2 Å². The van der Waals surface area contributed by atoms with E-state index in [4.69, 9.17) is 0 Å². The molecule has 2 saturated heterocycles. The standard InChI is InChI=1S/C19H23N3O3/c1-11(24)16-9-20-17-4-2-3-15(17)19(16)21-12-7-13-5-6-14(8-12)22(13)18(25)10-23/h2-3,9,12-14,23H,4-8,10H2,1H3,(H,20,21)/t12?,13-,14+. The minimum absolute atomic E-state index is 0.00830. The van der Waals surface area contributed by atoms with E-state index >= 15 is 0 Å². The number of ketones is 1. The van der Waals surface area contributed by atoms with Crippen molar-refractivity contribution in [1.82, 2.24) is 9.88 Å². The number of carbonyl (C=O) groups excluding carboxylic acids is 2. The third kappa shape index (κ3) is 2.74. The summed E-state index contributed by atoms with van der Waals surface area (Å²) >= 11 is 0. The molecule has 6 nitrogen and oxygen atoms in total. The molecule has 4 rings (SSSR count). The van der Waals surface area contributed by atoms with Gasteiger partial charge in [0, 0.05) is 36.3 Å². The topological polar surface area (TPSA) is 82.5 Å². The Morgan fingerprint density at radius 1 is 1.32 bits per heavy atom. The molecule has 3 heterocycles. The molecule has 1 unspecified atom stereocenters. The van der Waals surface area contributed by atoms with E-state index in [1.807, 2.05) is 11.0 Å². The molecule has 6 heteroatoms. The highest BCUT2D eigenvalue weighted by atomic mass is 16.3. The molecule has 1 aliphatic carbocycles. The van der Waals surface area contributed by atoms with Crippen molar-refractivity contribution in [3.63, 3.8) is 0 Å². The zero-order valence-corrected chi connectivity index (χ0v) is 14.4. The maximum Gasteiger partial charge on any atom is 0.248 e. The molecule has 1 aromatic heterocycles. The molecule has 1 aromatic rings. The lowest BCUT2D eigenvalue weighted by Gasteiger charge is -2.39. The van der Waals surface area contributed by atoms with Crippen LogP contribution in [0.25, 0.3) is 6.08 Å². The molecular formula is C19H23N3O3. The number of piperidine rings is 1. The first-order valence-electron chi connectivity index (χ1n) is 8.96. The average Bonchev–Trinajstić information content (AvgIpc) is 3.17. The minimum atomic E-state index is -0.414. The van der Waals surface area contributed by atoms with Crippen molar-refractivity contribution in [1.29, 1.82) is 0 Å². The van der Waals surface area contributed by atoms with Gasteiger partial charge in [-0.25, -0.2) is 0 Å². The Morgan fingerprint density at radius 2 is 2.04 bits per heavy atom. The molecule has 0 saturated carbocycles. The largest absolute Gasteiger partial charge is 0.387 e. The summed E-state index contributed by atoms with van der Waals surface area (Å²) in [7, 11) is 0. The highest BCUT2D eigenvalue weighted by molar-refractivity contribution is 6.01. The molecule has 0 spiro atoms. The molecule has 3 aliphatic rings. The number of aliphatic hydroxyl groups is 1. The fourth-order valence-electron chi connectivity index (χ4n) is 4.61. The first kappa shape index (κ1) is 16.3. The summed E-state index contributed by atoms with van der Waals surface area (Å²) in [6, 6.07) is 0.586. The van der Waals surface area contributed by atoms with Crippen molar-refractivity contribution in [3.05, 3.63) is 29.1 Å². The molecular weight excluding hydrogens is 318 g/mol. The maximum atomic E-state index is 12.0. The van der Waals surface area contributed by atoms with Gasteiger partial charge in [0.05, 0.1) is 16.9 Å². The zero-order chi connectivity index (χ0) is 17.6. The van der Waals surface area contributed by atoms with Crippen LogP contribution in [0.15, 0.2) is 12.3 Å². The van der Waals surface area contributed by atoms with E-state index < -0.39 is 6.61 Å². The van der Waals surface area contributed by atoms with Gasteiger partial charge < -0.3 is 15.3 Å². The van der Waals surface area contributed by atoms with Gasteiger partial charge in [0.1, 0.15) is 6.61 Å². The predicted molar refractivity (Wildman–Crippen MR) is 94.4 cm³/mol. The van der Waals surface area contributed by atoms with Crippen molar-refractivity contribution in [2.24, 2.45) is 0 Å². The van der Waals surface area contributed by atoms with E-state index in [0.717, 1.165) is 49.0 Å². The lowest BCUT2D eigenvalue weighted by Crippen LogP contribution is -2.50. The third-order valence-corrected chi connectivity index (χ3v) is 5.68. The average molecular weight is 341 g/mol. The van der Waals surface area contributed by atoms with Crippen LogP contribution in [0.3, 0.4) is 0 Å². The highest BCUT2D eigenvalue weighted by Gasteiger charge is 2.43. The van der Waals surface area contributed by atoms with Gasteiger partial charge >= 0.3 is 0 Å². The number of nitrogens with zero attached hydrogens (tertiary/aromatic N) is 2. The van der Waals surface area contributed by atoms with E-state index in [9.17, 15) is 14.7 Å². The second kappa shape index (κ2) is 6.26. The van der Waals surface area contributed by atoms with Crippen LogP contribution < -0.4 is 5.32 Å². The number of aliphatic hydroxyl groups excluding tert-OH is 1. The maximum absolute atomic E-state index is 12.0. The number of pyridine rings is 1. The van der Waals surface area contributed by atoms with Gasteiger partial charge in [-0.3, -0.25) is 14.6 Å². The highest BCUT2D eigenvalue weighted by Crippen LogP contribution is 2.38. The van der Waals surface area contributed by atoms with Crippen LogP contribution in [0.5, 0.6) is 0 Å². The van der Waals surface area contributed by atoms with Gasteiger partial charge in [-0.1, -0.05) is 12.2 Å². The number of nitrogens with one attached hydrogen (secondary N) is 1. The lowest BCUT2D eigenvalue weighted by molar-refractivity contribution is -0.138. The van der Waals surface area contributed by atoms with E-state index in [1.165, 1.54) is 0 Å². The van der Waals surface area contributed by atoms with Crippen molar-refractivity contribution in [3.8, 4) is 0 Å². The van der Waals surface area contributed by atoms with Crippen LogP contribution in [-0.2, 0) is 11.2 Å². The summed E-state index contributed by atoms with van der Waals surface area (Å²) in [5.41, 5.74) is 3.54. The predicted octanol–water partition coefficient (Wildman–Crippen LogP) is 1.78. The summed E-state index contributed by atoms with van der Waals surface area (Å²) in [4.78, 5) is 30.3. The summed E-state index contributed by atoms with van der Waals surface area (Å²) in [6.07, 6.45) is 10.3. The van der Waals surface area contributed by atoms with E-state index in [-0.39, 0.29) is 29.8 Å². The van der Waals surface area contributed by atoms with Crippen LogP contribution in [0, 0.1) is 0 Å². The molecule has 2 N–H and O–H groups in total. The molecule has 3 atom stereocenters. The first-order valence-corrected chi connectivity index (χ1v) is 8.96. The van der Waals surface area contributed by atoms with Crippen LogP contribution in [0.4, 0.5) is 5.69 Å². The number of anilines is 1. The number of hydrogen-bond donors (Lipinski definition) is 2. The van der Waals surface area contributed by atoms with Gasteiger partial charge in [-0.05, 0) is 32.6 Å². The van der Waals surface area contributed by atoms with E-state index in [1.54, 1.807) is 13.1 Å². The van der Waals surface area contributed by atoms with Gasteiger partial charge in [0.25, 0.3) is 0 Å². The third-order valence-electron chi connectivity index (χ3n) is 5.68. The Kier molecular flexibility index (Phi) is 4.07. The number of fused-ring (bicyclic) bond motifs is 3. The number of amides is 1. The molecule has 0 aromatic carbocycles. The Labute approximate surface area is 146 Å². The molecule has 0 radical (unpaired) electrons.